The average molecular weight is 478 g/mol. The molecule has 1 N–H and O–H groups in total. The van der Waals surface area contributed by atoms with Crippen molar-refractivity contribution in [2.24, 2.45) is 0 Å². The normalized spacial score (nSPS) is 21.1. The highest BCUT2D eigenvalue weighted by atomic mass is 16.5. The maximum absolute atomic E-state index is 12.9. The third-order valence-corrected chi connectivity index (χ3v) is 6.49. The number of oxazole rings is 1. The van der Waals surface area contributed by atoms with Crippen molar-refractivity contribution in [1.29, 1.82) is 0 Å². The second-order valence-electron chi connectivity index (χ2n) is 9.14. The number of likely N-dealkylation sites (tertiary alicyclic amines) is 1. The first-order valence-electron chi connectivity index (χ1n) is 12.0. The summed E-state index contributed by atoms with van der Waals surface area (Å²) in [6.07, 6.45) is 3.42. The van der Waals surface area contributed by atoms with Crippen LogP contribution in [0.2, 0.25) is 0 Å². The van der Waals surface area contributed by atoms with Crippen LogP contribution in [-0.2, 0) is 29.1 Å². The molecule has 2 aliphatic heterocycles. The first-order chi connectivity index (χ1) is 17.1. The number of aromatic nitrogens is 1. The van der Waals surface area contributed by atoms with Gasteiger partial charge in [0.15, 0.2) is 17.4 Å². The maximum atomic E-state index is 12.9. The summed E-state index contributed by atoms with van der Waals surface area (Å²) in [5, 5.41) is 3.24. The third-order valence-electron chi connectivity index (χ3n) is 6.49. The summed E-state index contributed by atoms with van der Waals surface area (Å²) < 4.78 is 23.3. The Bertz CT molecular complexity index is 1180. The summed E-state index contributed by atoms with van der Waals surface area (Å²) >= 11 is 0. The van der Waals surface area contributed by atoms with Gasteiger partial charge in [-0.15, -0.1) is 0 Å². The fourth-order valence-corrected chi connectivity index (χ4v) is 4.71. The first-order valence-corrected chi connectivity index (χ1v) is 12.0. The number of carbonyl (C=O) groups is 1. The zero-order valence-electron chi connectivity index (χ0n) is 20.2. The molecule has 184 valence electrons. The molecule has 8 heteroatoms. The molecule has 0 unspecified atom stereocenters. The molecule has 0 saturated carbocycles. The van der Waals surface area contributed by atoms with Gasteiger partial charge in [-0.05, 0) is 48.2 Å². The van der Waals surface area contributed by atoms with Crippen LogP contribution in [0, 0.1) is 6.92 Å². The third kappa shape index (κ3) is 5.83. The Morgan fingerprint density at radius 2 is 2.09 bits per heavy atom. The van der Waals surface area contributed by atoms with Gasteiger partial charge in [0.2, 0.25) is 5.91 Å². The molecule has 0 radical (unpaired) electrons. The molecule has 2 aliphatic rings. The number of hydrogen-bond acceptors (Lipinski definition) is 7. The number of rotatable bonds is 3. The van der Waals surface area contributed by atoms with E-state index >= 15 is 0 Å². The molecule has 2 atom stereocenters. The van der Waals surface area contributed by atoms with Crippen LogP contribution in [-0.4, -0.2) is 48.1 Å². The first kappa shape index (κ1) is 23.4. The van der Waals surface area contributed by atoms with Gasteiger partial charge < -0.3 is 23.9 Å². The molecule has 1 amide bonds. The summed E-state index contributed by atoms with van der Waals surface area (Å²) in [6, 6.07) is 13.6. The molecular weight excluding hydrogens is 446 g/mol. The van der Waals surface area contributed by atoms with E-state index in [4.69, 9.17) is 18.6 Å². The van der Waals surface area contributed by atoms with Crippen LogP contribution >= 0.6 is 0 Å². The average Bonchev–Trinajstić information content (AvgIpc) is 3.26. The van der Waals surface area contributed by atoms with Gasteiger partial charge in [0, 0.05) is 33.0 Å². The Hall–Kier alpha value is -3.36. The monoisotopic (exact) mass is 477 g/mol. The number of fused-ring (bicyclic) bond motifs is 5. The molecule has 35 heavy (non-hydrogen) atoms. The predicted octanol–water partition coefficient (Wildman–Crippen LogP) is 4.01. The van der Waals surface area contributed by atoms with Gasteiger partial charge in [0.05, 0.1) is 31.6 Å². The zero-order chi connectivity index (χ0) is 24.2. The highest BCUT2D eigenvalue weighted by Gasteiger charge is 2.31. The molecular formula is C27H31N3O5. The lowest BCUT2D eigenvalue weighted by atomic mass is 10.0. The molecule has 5 rings (SSSR count). The highest BCUT2D eigenvalue weighted by molar-refractivity contribution is 5.76. The minimum Gasteiger partial charge on any atom is -0.493 e. The van der Waals surface area contributed by atoms with E-state index in [9.17, 15) is 4.79 Å². The van der Waals surface area contributed by atoms with Crippen molar-refractivity contribution in [1.82, 2.24) is 15.2 Å². The lowest BCUT2D eigenvalue weighted by Gasteiger charge is -2.38. The van der Waals surface area contributed by atoms with Gasteiger partial charge >= 0.3 is 0 Å². The number of piperidine rings is 1. The van der Waals surface area contributed by atoms with E-state index in [0.29, 0.717) is 49.9 Å². The van der Waals surface area contributed by atoms with E-state index in [1.807, 2.05) is 49.4 Å². The van der Waals surface area contributed by atoms with Crippen molar-refractivity contribution < 1.29 is 23.4 Å². The summed E-state index contributed by atoms with van der Waals surface area (Å²) in [5.41, 5.74) is 2.93. The van der Waals surface area contributed by atoms with E-state index in [-0.39, 0.29) is 18.1 Å². The van der Waals surface area contributed by atoms with Crippen molar-refractivity contribution in [3.05, 3.63) is 71.4 Å². The van der Waals surface area contributed by atoms with Crippen LogP contribution in [0.15, 0.2) is 53.1 Å². The van der Waals surface area contributed by atoms with Crippen LogP contribution in [0.3, 0.4) is 0 Å². The summed E-state index contributed by atoms with van der Waals surface area (Å²) in [6.45, 7) is 4.52. The van der Waals surface area contributed by atoms with Gasteiger partial charge in [-0.2, -0.15) is 0 Å². The maximum Gasteiger partial charge on any atom is 0.220 e. The molecule has 4 bridgehead atoms. The fourth-order valence-electron chi connectivity index (χ4n) is 4.71. The Labute approximate surface area is 205 Å². The van der Waals surface area contributed by atoms with Crippen molar-refractivity contribution in [3.8, 4) is 17.2 Å². The number of methoxy groups -OCH3 is 1. The van der Waals surface area contributed by atoms with Crippen LogP contribution in [0.25, 0.3) is 0 Å². The van der Waals surface area contributed by atoms with Gasteiger partial charge in [-0.25, -0.2) is 4.98 Å². The minimum atomic E-state index is -0.111. The summed E-state index contributed by atoms with van der Waals surface area (Å²) in [7, 11) is 1.62. The van der Waals surface area contributed by atoms with E-state index in [2.05, 4.69) is 15.2 Å². The second-order valence-corrected chi connectivity index (χ2v) is 9.14. The zero-order valence-corrected chi connectivity index (χ0v) is 20.2. The van der Waals surface area contributed by atoms with E-state index in [1.165, 1.54) is 0 Å². The fraction of sp³-hybridized carbons (Fsp3) is 0.407. The molecule has 0 spiro atoms. The van der Waals surface area contributed by atoms with Crippen molar-refractivity contribution in [2.45, 2.75) is 51.5 Å². The molecule has 3 aromatic rings. The van der Waals surface area contributed by atoms with Crippen LogP contribution in [0.4, 0.5) is 0 Å². The number of benzene rings is 2. The molecule has 0 aliphatic carbocycles. The topological polar surface area (TPSA) is 86.1 Å². The Morgan fingerprint density at radius 3 is 2.91 bits per heavy atom. The van der Waals surface area contributed by atoms with E-state index in [0.717, 1.165) is 35.5 Å². The number of carbonyl (C=O) groups excluding carboxylic acids is 1. The Balaban J connectivity index is 1.37. The van der Waals surface area contributed by atoms with Gasteiger partial charge in [-0.3, -0.25) is 9.69 Å². The molecule has 8 nitrogen and oxygen atoms in total. The highest BCUT2D eigenvalue weighted by Crippen LogP contribution is 2.33. The Morgan fingerprint density at radius 1 is 1.17 bits per heavy atom. The smallest absolute Gasteiger partial charge is 0.220 e. The van der Waals surface area contributed by atoms with Crippen molar-refractivity contribution in [3.63, 3.8) is 0 Å². The number of nitrogens with zero attached hydrogens (tertiary/aromatic N) is 2. The predicted molar refractivity (Wildman–Crippen MR) is 129 cm³/mol. The second kappa shape index (κ2) is 10.5. The summed E-state index contributed by atoms with van der Waals surface area (Å²) in [5.74, 6) is 2.67. The lowest BCUT2D eigenvalue weighted by molar-refractivity contribution is -0.124. The number of ether oxygens (including phenoxy) is 3. The number of amides is 1. The number of hydrogen-bond donors (Lipinski definition) is 1. The van der Waals surface area contributed by atoms with E-state index in [1.54, 1.807) is 13.4 Å². The Kier molecular flexibility index (Phi) is 7.01. The van der Waals surface area contributed by atoms with Crippen LogP contribution in [0.1, 0.15) is 35.6 Å². The van der Waals surface area contributed by atoms with Crippen LogP contribution < -0.4 is 14.8 Å². The molecule has 1 fully saturated rings. The largest absolute Gasteiger partial charge is 0.493 e. The molecule has 1 aromatic heterocycles. The molecule has 2 aromatic carbocycles. The lowest BCUT2D eigenvalue weighted by Crippen LogP contribution is -2.55. The number of aryl methyl sites for hydroxylation is 2. The quantitative estimate of drug-likeness (QED) is 0.610. The van der Waals surface area contributed by atoms with Crippen LogP contribution in [0.5, 0.6) is 17.2 Å². The standard InChI is InChI=1S/C27H31N3O5/c1-18-28-21(17-33-18)14-30-11-10-24-23(15-30)29-27(31)9-7-19-6-8-25(32-2)26(13-19)35-22-5-3-4-20(12-22)16-34-24/h3-6,8,12-13,17,23-24H,7,9-11,14-16H2,1-2H3,(H,29,31)/t23-,24+/m0/s1. The molecule has 1 saturated heterocycles. The van der Waals surface area contributed by atoms with Crippen molar-refractivity contribution >= 4 is 5.91 Å². The van der Waals surface area contributed by atoms with Gasteiger partial charge in [0.1, 0.15) is 12.0 Å². The van der Waals surface area contributed by atoms with E-state index < -0.39 is 0 Å². The van der Waals surface area contributed by atoms with Gasteiger partial charge in [-0.1, -0.05) is 18.2 Å². The summed E-state index contributed by atoms with van der Waals surface area (Å²) in [4.78, 5) is 19.7. The van der Waals surface area contributed by atoms with Crippen molar-refractivity contribution in [2.75, 3.05) is 20.2 Å². The minimum absolute atomic E-state index is 0.0106. The van der Waals surface area contributed by atoms with Gasteiger partial charge in [0.25, 0.3) is 0 Å². The molecule has 3 heterocycles. The SMILES string of the molecule is COc1ccc2cc1Oc1cccc(c1)CO[C@@H]1CCN(Cc3coc(C)n3)C[C@@H]1NC(=O)CC2. The number of nitrogens with one attached hydrogen (secondary N) is 1.